The number of hydrogen-bond donors (Lipinski definition) is 1. The van der Waals surface area contributed by atoms with Crippen molar-refractivity contribution < 1.29 is 13.2 Å². The van der Waals surface area contributed by atoms with Gasteiger partial charge in [0.1, 0.15) is 0 Å². The maximum Gasteiger partial charge on any atom is 0.435 e. The van der Waals surface area contributed by atoms with E-state index in [1.165, 1.54) is 4.68 Å². The van der Waals surface area contributed by atoms with E-state index < -0.39 is 11.9 Å². The molecule has 2 heterocycles. The van der Waals surface area contributed by atoms with Crippen LogP contribution in [0.3, 0.4) is 0 Å². The lowest BCUT2D eigenvalue weighted by Gasteiger charge is -2.12. The molecule has 3 nitrogen and oxygen atoms in total. The SMILES string of the molecule is CCc1cc(C(F)(F)F)nn1C[C@@H]1CCCN1. The van der Waals surface area contributed by atoms with Crippen molar-refractivity contribution in [2.45, 2.75) is 44.9 Å². The van der Waals surface area contributed by atoms with Crippen molar-refractivity contribution in [2.24, 2.45) is 0 Å². The van der Waals surface area contributed by atoms with Crippen LogP contribution in [0.25, 0.3) is 0 Å². The first-order valence-corrected chi connectivity index (χ1v) is 5.88. The summed E-state index contributed by atoms with van der Waals surface area (Å²) < 4.78 is 39.1. The average Bonchev–Trinajstić information content (AvgIpc) is 2.86. The van der Waals surface area contributed by atoms with Crippen molar-refractivity contribution in [3.8, 4) is 0 Å². The zero-order valence-corrected chi connectivity index (χ0v) is 9.72. The van der Waals surface area contributed by atoms with E-state index in [9.17, 15) is 13.2 Å². The van der Waals surface area contributed by atoms with Gasteiger partial charge in [-0.1, -0.05) is 6.92 Å². The molecule has 1 aliphatic heterocycles. The van der Waals surface area contributed by atoms with Crippen LogP contribution in [0, 0.1) is 0 Å². The van der Waals surface area contributed by atoms with Gasteiger partial charge in [-0.15, -0.1) is 0 Å². The molecule has 17 heavy (non-hydrogen) atoms. The zero-order valence-electron chi connectivity index (χ0n) is 9.72. The van der Waals surface area contributed by atoms with Crippen molar-refractivity contribution in [3.05, 3.63) is 17.5 Å². The van der Waals surface area contributed by atoms with Gasteiger partial charge in [-0.3, -0.25) is 4.68 Å². The molecule has 1 aliphatic rings. The number of halogens is 3. The Labute approximate surface area is 98.0 Å². The van der Waals surface area contributed by atoms with E-state index in [1.807, 2.05) is 6.92 Å². The van der Waals surface area contributed by atoms with Gasteiger partial charge in [0.05, 0.1) is 6.54 Å². The molecule has 2 rings (SSSR count). The summed E-state index contributed by atoms with van der Waals surface area (Å²) in [4.78, 5) is 0. The lowest BCUT2D eigenvalue weighted by Crippen LogP contribution is -2.28. The van der Waals surface area contributed by atoms with E-state index in [4.69, 9.17) is 0 Å². The van der Waals surface area contributed by atoms with Gasteiger partial charge in [-0.25, -0.2) is 0 Å². The maximum absolute atomic E-state index is 12.5. The molecule has 0 aliphatic carbocycles. The molecule has 1 fully saturated rings. The van der Waals surface area contributed by atoms with E-state index >= 15 is 0 Å². The predicted molar refractivity (Wildman–Crippen MR) is 57.6 cm³/mol. The Morgan fingerprint density at radius 3 is 2.82 bits per heavy atom. The molecule has 0 saturated carbocycles. The molecule has 1 aromatic rings. The number of aryl methyl sites for hydroxylation is 1. The molecular weight excluding hydrogens is 231 g/mol. The fraction of sp³-hybridized carbons (Fsp3) is 0.727. The normalized spacial score (nSPS) is 21.1. The molecule has 1 saturated heterocycles. The summed E-state index contributed by atoms with van der Waals surface area (Å²) in [6.45, 7) is 3.31. The number of hydrogen-bond acceptors (Lipinski definition) is 2. The highest BCUT2D eigenvalue weighted by atomic mass is 19.4. The predicted octanol–water partition coefficient (Wildman–Crippen LogP) is 2.22. The summed E-state index contributed by atoms with van der Waals surface area (Å²) in [5.74, 6) is 0. The molecule has 1 atom stereocenters. The Morgan fingerprint density at radius 2 is 2.29 bits per heavy atom. The Hall–Kier alpha value is -1.04. The standard InChI is InChI=1S/C11H16F3N3/c1-2-9-6-10(11(12,13)14)16-17(9)7-8-4-3-5-15-8/h6,8,15H,2-5,7H2,1H3/t8-/m0/s1. The van der Waals surface area contributed by atoms with Gasteiger partial charge in [0.2, 0.25) is 0 Å². The number of nitrogens with zero attached hydrogens (tertiary/aromatic N) is 2. The fourth-order valence-electron chi connectivity index (χ4n) is 2.16. The second kappa shape index (κ2) is 4.68. The first kappa shape index (κ1) is 12.4. The first-order valence-electron chi connectivity index (χ1n) is 5.88. The van der Waals surface area contributed by atoms with E-state index in [1.54, 1.807) is 0 Å². The van der Waals surface area contributed by atoms with Crippen LogP contribution in [-0.2, 0) is 19.1 Å². The minimum Gasteiger partial charge on any atom is -0.312 e. The monoisotopic (exact) mass is 247 g/mol. The Morgan fingerprint density at radius 1 is 1.53 bits per heavy atom. The summed E-state index contributed by atoms with van der Waals surface area (Å²) in [5, 5.41) is 6.93. The largest absolute Gasteiger partial charge is 0.435 e. The number of rotatable bonds is 3. The topological polar surface area (TPSA) is 29.9 Å². The van der Waals surface area contributed by atoms with Crippen molar-refractivity contribution >= 4 is 0 Å². The minimum atomic E-state index is -4.35. The summed E-state index contributed by atoms with van der Waals surface area (Å²) in [7, 11) is 0. The highest BCUT2D eigenvalue weighted by Gasteiger charge is 2.34. The molecule has 0 amide bonds. The average molecular weight is 247 g/mol. The van der Waals surface area contributed by atoms with Crippen LogP contribution < -0.4 is 5.32 Å². The quantitative estimate of drug-likeness (QED) is 0.887. The Kier molecular flexibility index (Phi) is 3.42. The molecule has 6 heteroatoms. The summed E-state index contributed by atoms with van der Waals surface area (Å²) in [6, 6.07) is 1.40. The van der Waals surface area contributed by atoms with Gasteiger partial charge in [-0.05, 0) is 31.9 Å². The molecule has 0 unspecified atom stereocenters. The third-order valence-corrected chi connectivity index (χ3v) is 3.07. The van der Waals surface area contributed by atoms with E-state index in [0.717, 1.165) is 25.5 Å². The highest BCUT2D eigenvalue weighted by molar-refractivity contribution is 5.13. The molecule has 0 aromatic carbocycles. The van der Waals surface area contributed by atoms with Crippen molar-refractivity contribution in [1.29, 1.82) is 0 Å². The zero-order chi connectivity index (χ0) is 12.5. The van der Waals surface area contributed by atoms with Crippen molar-refractivity contribution in [3.63, 3.8) is 0 Å². The third-order valence-electron chi connectivity index (χ3n) is 3.07. The number of alkyl halides is 3. The molecule has 0 radical (unpaired) electrons. The smallest absolute Gasteiger partial charge is 0.312 e. The Bertz CT molecular complexity index is 378. The van der Waals surface area contributed by atoms with Gasteiger partial charge < -0.3 is 5.32 Å². The molecule has 1 aromatic heterocycles. The minimum absolute atomic E-state index is 0.251. The molecular formula is C11H16F3N3. The first-order chi connectivity index (χ1) is 8.00. The van der Waals surface area contributed by atoms with Crippen molar-refractivity contribution in [1.82, 2.24) is 15.1 Å². The summed E-state index contributed by atoms with van der Waals surface area (Å²) >= 11 is 0. The van der Waals surface area contributed by atoms with Gasteiger partial charge in [0.15, 0.2) is 5.69 Å². The van der Waals surface area contributed by atoms with Crippen LogP contribution in [0.1, 0.15) is 31.2 Å². The lowest BCUT2D eigenvalue weighted by molar-refractivity contribution is -0.141. The molecule has 1 N–H and O–H groups in total. The van der Waals surface area contributed by atoms with E-state index in [2.05, 4.69) is 10.4 Å². The number of aromatic nitrogens is 2. The van der Waals surface area contributed by atoms with E-state index in [0.29, 0.717) is 18.7 Å². The molecule has 96 valence electrons. The number of nitrogens with one attached hydrogen (secondary N) is 1. The summed E-state index contributed by atoms with van der Waals surface area (Å²) in [6.07, 6.45) is -1.70. The summed E-state index contributed by atoms with van der Waals surface area (Å²) in [5.41, 5.74) is -0.140. The van der Waals surface area contributed by atoms with E-state index in [-0.39, 0.29) is 6.04 Å². The van der Waals surface area contributed by atoms with Crippen LogP contribution >= 0.6 is 0 Å². The second-order valence-electron chi connectivity index (χ2n) is 4.35. The fourth-order valence-corrected chi connectivity index (χ4v) is 2.16. The van der Waals surface area contributed by atoms with Crippen LogP contribution in [0.5, 0.6) is 0 Å². The third kappa shape index (κ3) is 2.80. The molecule has 0 bridgehead atoms. The van der Waals surface area contributed by atoms with Gasteiger partial charge in [-0.2, -0.15) is 18.3 Å². The molecule has 0 spiro atoms. The van der Waals surface area contributed by atoms with Crippen LogP contribution in [0.15, 0.2) is 6.07 Å². The lowest BCUT2D eigenvalue weighted by atomic mass is 10.2. The highest BCUT2D eigenvalue weighted by Crippen LogP contribution is 2.28. The van der Waals surface area contributed by atoms with Crippen LogP contribution in [0.2, 0.25) is 0 Å². The van der Waals surface area contributed by atoms with Crippen molar-refractivity contribution in [2.75, 3.05) is 6.54 Å². The Balaban J connectivity index is 2.17. The van der Waals surface area contributed by atoms with Gasteiger partial charge >= 0.3 is 6.18 Å². The van der Waals surface area contributed by atoms with Gasteiger partial charge in [0.25, 0.3) is 0 Å². The van der Waals surface area contributed by atoms with Crippen LogP contribution in [-0.4, -0.2) is 22.4 Å². The van der Waals surface area contributed by atoms with Crippen LogP contribution in [0.4, 0.5) is 13.2 Å². The van der Waals surface area contributed by atoms with Gasteiger partial charge in [0, 0.05) is 11.7 Å². The second-order valence-corrected chi connectivity index (χ2v) is 4.35. The maximum atomic E-state index is 12.5.